The molecule has 9 nitrogen and oxygen atoms in total. The second kappa shape index (κ2) is 9.80. The van der Waals surface area contributed by atoms with Crippen LogP contribution < -0.4 is 19.9 Å². The molecule has 0 aliphatic rings. The fourth-order valence-electron chi connectivity index (χ4n) is 3.20. The molecule has 3 aromatic rings. The highest BCUT2D eigenvalue weighted by molar-refractivity contribution is 8.00. The Morgan fingerprint density at radius 2 is 1.91 bits per heavy atom. The summed E-state index contributed by atoms with van der Waals surface area (Å²) in [4.78, 5) is 17.2. The third-order valence-corrected chi connectivity index (χ3v) is 6.90. The van der Waals surface area contributed by atoms with Crippen molar-refractivity contribution in [2.75, 3.05) is 14.2 Å². The van der Waals surface area contributed by atoms with Crippen molar-refractivity contribution in [3.05, 3.63) is 42.0 Å². The predicted molar refractivity (Wildman–Crippen MR) is 123 cm³/mol. The van der Waals surface area contributed by atoms with Crippen LogP contribution in [0.25, 0.3) is 11.0 Å². The van der Waals surface area contributed by atoms with Gasteiger partial charge in [0.2, 0.25) is 15.9 Å². The second-order valence-corrected chi connectivity index (χ2v) is 9.87. The van der Waals surface area contributed by atoms with E-state index in [1.807, 2.05) is 23.6 Å². The summed E-state index contributed by atoms with van der Waals surface area (Å²) < 4.78 is 35.7. The maximum atomic E-state index is 12.7. The number of primary sulfonamides is 1. The molecular formula is C21H26N4O5S2. The lowest BCUT2D eigenvalue weighted by Crippen LogP contribution is -2.30. The predicted octanol–water partition coefficient (Wildman–Crippen LogP) is 2.52. The average molecular weight is 479 g/mol. The number of nitrogens with two attached hydrogens (primary N) is 1. The first-order valence-corrected chi connectivity index (χ1v) is 12.3. The first-order valence-electron chi connectivity index (χ1n) is 9.86. The summed E-state index contributed by atoms with van der Waals surface area (Å²) in [5.74, 6) is 1.07. The molecule has 1 unspecified atom stereocenters. The zero-order valence-corrected chi connectivity index (χ0v) is 19.9. The minimum absolute atomic E-state index is 0.00279. The van der Waals surface area contributed by atoms with E-state index in [2.05, 4.69) is 10.3 Å². The molecule has 0 bridgehead atoms. The van der Waals surface area contributed by atoms with Crippen molar-refractivity contribution >= 4 is 38.7 Å². The summed E-state index contributed by atoms with van der Waals surface area (Å²) in [6, 6.07) is 10.0. The van der Waals surface area contributed by atoms with Gasteiger partial charge < -0.3 is 19.4 Å². The van der Waals surface area contributed by atoms with E-state index in [1.54, 1.807) is 33.3 Å². The second-order valence-electron chi connectivity index (χ2n) is 7.00. The summed E-state index contributed by atoms with van der Waals surface area (Å²) >= 11 is 1.31. The van der Waals surface area contributed by atoms with Gasteiger partial charge in [0.15, 0.2) is 16.7 Å². The van der Waals surface area contributed by atoms with Gasteiger partial charge in [0.25, 0.3) is 0 Å². The maximum Gasteiger partial charge on any atom is 0.238 e. The number of benzene rings is 2. The molecule has 1 atom stereocenters. The van der Waals surface area contributed by atoms with Crippen molar-refractivity contribution in [1.82, 2.24) is 14.9 Å². The molecule has 0 saturated carbocycles. The number of imidazole rings is 1. The SMILES string of the molecule is CCn1c(SC(C)C(=O)NCc2ccc(OC)c(OC)c2)nc2cc(S(N)(=O)=O)ccc21. The molecular weight excluding hydrogens is 452 g/mol. The normalized spacial score (nSPS) is 12.5. The Bertz CT molecular complexity index is 1240. The van der Waals surface area contributed by atoms with Crippen LogP contribution >= 0.6 is 11.8 Å². The molecule has 0 fully saturated rings. The number of amides is 1. The number of carbonyl (C=O) groups is 1. The molecule has 1 amide bonds. The van der Waals surface area contributed by atoms with Gasteiger partial charge in [-0.1, -0.05) is 17.8 Å². The van der Waals surface area contributed by atoms with Crippen molar-refractivity contribution < 1.29 is 22.7 Å². The van der Waals surface area contributed by atoms with Crippen molar-refractivity contribution in [2.24, 2.45) is 5.14 Å². The monoisotopic (exact) mass is 478 g/mol. The Hall–Kier alpha value is -2.76. The van der Waals surface area contributed by atoms with Gasteiger partial charge in [-0.05, 0) is 49.7 Å². The third-order valence-electron chi connectivity index (χ3n) is 4.90. The molecule has 3 rings (SSSR count). The van der Waals surface area contributed by atoms with Crippen LogP contribution in [0.3, 0.4) is 0 Å². The molecule has 1 heterocycles. The lowest BCUT2D eigenvalue weighted by molar-refractivity contribution is -0.120. The highest BCUT2D eigenvalue weighted by Gasteiger charge is 2.20. The number of nitrogens with one attached hydrogen (secondary N) is 1. The van der Waals surface area contributed by atoms with E-state index in [-0.39, 0.29) is 10.8 Å². The molecule has 0 spiro atoms. The standard InChI is InChI=1S/C21H26N4O5S2/c1-5-25-17-8-7-15(32(22,27)28)11-16(17)24-21(25)31-13(2)20(26)23-12-14-6-9-18(29-3)19(10-14)30-4/h6-11,13H,5,12H2,1-4H3,(H,23,26)(H2,22,27,28). The fourth-order valence-corrected chi connectivity index (χ4v) is 4.74. The highest BCUT2D eigenvalue weighted by Crippen LogP contribution is 2.29. The smallest absolute Gasteiger partial charge is 0.238 e. The van der Waals surface area contributed by atoms with Crippen LogP contribution in [0.4, 0.5) is 0 Å². The molecule has 1 aromatic heterocycles. The number of rotatable bonds is 9. The van der Waals surface area contributed by atoms with Gasteiger partial charge in [-0.2, -0.15) is 0 Å². The van der Waals surface area contributed by atoms with E-state index < -0.39 is 15.3 Å². The number of sulfonamides is 1. The molecule has 11 heteroatoms. The van der Waals surface area contributed by atoms with Gasteiger partial charge in [-0.3, -0.25) is 4.79 Å². The van der Waals surface area contributed by atoms with Crippen molar-refractivity contribution in [1.29, 1.82) is 0 Å². The van der Waals surface area contributed by atoms with Crippen LogP contribution in [0.5, 0.6) is 11.5 Å². The zero-order chi connectivity index (χ0) is 23.5. The first-order chi connectivity index (χ1) is 15.2. The number of aryl methyl sites for hydroxylation is 1. The number of fused-ring (bicyclic) bond motifs is 1. The van der Waals surface area contributed by atoms with Gasteiger partial charge in [0.1, 0.15) is 0 Å². The molecule has 0 aliphatic carbocycles. The maximum absolute atomic E-state index is 12.7. The Morgan fingerprint density at radius 3 is 2.53 bits per heavy atom. The summed E-state index contributed by atoms with van der Waals surface area (Å²) in [7, 11) is -0.694. The van der Waals surface area contributed by atoms with E-state index in [9.17, 15) is 13.2 Å². The van der Waals surface area contributed by atoms with Crippen LogP contribution in [0, 0.1) is 0 Å². The molecule has 172 valence electrons. The lowest BCUT2D eigenvalue weighted by atomic mass is 10.2. The van der Waals surface area contributed by atoms with Crippen LogP contribution in [0.2, 0.25) is 0 Å². The quantitative estimate of drug-likeness (QED) is 0.453. The van der Waals surface area contributed by atoms with Crippen molar-refractivity contribution in [3.63, 3.8) is 0 Å². The van der Waals surface area contributed by atoms with Crippen LogP contribution in [0.1, 0.15) is 19.4 Å². The molecule has 0 saturated heterocycles. The molecule has 0 radical (unpaired) electrons. The third kappa shape index (κ3) is 5.17. The van der Waals surface area contributed by atoms with Crippen LogP contribution in [0.15, 0.2) is 46.5 Å². The number of ether oxygens (including phenoxy) is 2. The van der Waals surface area contributed by atoms with E-state index in [4.69, 9.17) is 14.6 Å². The van der Waals surface area contributed by atoms with E-state index in [1.165, 1.54) is 23.9 Å². The number of aromatic nitrogens is 2. The van der Waals surface area contributed by atoms with Crippen LogP contribution in [-0.2, 0) is 27.9 Å². The molecule has 3 N–H and O–H groups in total. The Kier molecular flexibility index (Phi) is 7.32. The number of hydrogen-bond acceptors (Lipinski definition) is 7. The summed E-state index contributed by atoms with van der Waals surface area (Å²) in [5.41, 5.74) is 2.17. The van der Waals surface area contributed by atoms with Gasteiger partial charge in [0, 0.05) is 13.1 Å². The topological polar surface area (TPSA) is 126 Å². The summed E-state index contributed by atoms with van der Waals surface area (Å²) in [6.07, 6.45) is 0. The van der Waals surface area contributed by atoms with Gasteiger partial charge >= 0.3 is 0 Å². The first kappa shape index (κ1) is 23.9. The van der Waals surface area contributed by atoms with Crippen molar-refractivity contribution in [3.8, 4) is 11.5 Å². The Morgan fingerprint density at radius 1 is 1.19 bits per heavy atom. The zero-order valence-electron chi connectivity index (χ0n) is 18.3. The van der Waals surface area contributed by atoms with Gasteiger partial charge in [0.05, 0.1) is 35.4 Å². The largest absolute Gasteiger partial charge is 0.493 e. The van der Waals surface area contributed by atoms with Gasteiger partial charge in [-0.15, -0.1) is 0 Å². The molecule has 0 aliphatic heterocycles. The summed E-state index contributed by atoms with van der Waals surface area (Å²) in [5, 5.41) is 8.35. The van der Waals surface area contributed by atoms with E-state index in [0.717, 1.165) is 11.1 Å². The fraction of sp³-hybridized carbons (Fsp3) is 0.333. The number of nitrogens with zero attached hydrogens (tertiary/aromatic N) is 2. The average Bonchev–Trinajstić information content (AvgIpc) is 3.12. The van der Waals surface area contributed by atoms with E-state index >= 15 is 0 Å². The van der Waals surface area contributed by atoms with Crippen LogP contribution in [-0.4, -0.2) is 43.3 Å². The molecule has 32 heavy (non-hydrogen) atoms. The number of carbonyl (C=O) groups excluding carboxylic acids is 1. The minimum atomic E-state index is -3.82. The summed E-state index contributed by atoms with van der Waals surface area (Å²) in [6.45, 7) is 4.71. The molecule has 2 aromatic carbocycles. The van der Waals surface area contributed by atoms with E-state index in [0.29, 0.717) is 35.3 Å². The Labute approximate surface area is 191 Å². The highest BCUT2D eigenvalue weighted by atomic mass is 32.2. The van der Waals surface area contributed by atoms with Crippen molar-refractivity contribution in [2.45, 2.75) is 42.2 Å². The lowest BCUT2D eigenvalue weighted by Gasteiger charge is -2.14. The van der Waals surface area contributed by atoms with Gasteiger partial charge in [-0.25, -0.2) is 18.5 Å². The number of methoxy groups -OCH3 is 2. The number of thioether (sulfide) groups is 1. The number of hydrogen-bond donors (Lipinski definition) is 2. The minimum Gasteiger partial charge on any atom is -0.493 e. The Balaban J connectivity index is 1.73.